The fraction of sp³-hybridized carbons (Fsp3) is 0.400. The highest BCUT2D eigenvalue weighted by Crippen LogP contribution is 2.30. The van der Waals surface area contributed by atoms with E-state index in [1.807, 2.05) is 30.4 Å². The molecule has 0 aromatic rings. The number of allylic oxidation sites excluding steroid dienone is 6. The standard InChI is InChI=1S/C15H17NO3/c17-8-14(11-6-7-19-9-11)16-15(18)13-5-4-10-2-1-3-12(10)13/h1-5,11,14,17H,6-9H2,(H,16,18). The van der Waals surface area contributed by atoms with Crippen LogP contribution in [0.4, 0.5) is 0 Å². The molecule has 2 unspecified atom stereocenters. The first-order valence-electron chi connectivity index (χ1n) is 6.60. The zero-order valence-electron chi connectivity index (χ0n) is 10.6. The summed E-state index contributed by atoms with van der Waals surface area (Å²) in [6.07, 6.45) is 10.5. The molecule has 4 nitrogen and oxygen atoms in total. The van der Waals surface area contributed by atoms with Crippen molar-refractivity contribution in [1.82, 2.24) is 5.32 Å². The maximum atomic E-state index is 12.3. The molecule has 19 heavy (non-hydrogen) atoms. The number of amides is 1. The summed E-state index contributed by atoms with van der Waals surface area (Å²) < 4.78 is 5.31. The van der Waals surface area contributed by atoms with Crippen LogP contribution in [0.2, 0.25) is 0 Å². The Balaban J connectivity index is 1.71. The van der Waals surface area contributed by atoms with Crippen molar-refractivity contribution in [3.63, 3.8) is 0 Å². The number of aliphatic hydroxyl groups excluding tert-OH is 1. The summed E-state index contributed by atoms with van der Waals surface area (Å²) >= 11 is 0. The predicted molar refractivity (Wildman–Crippen MR) is 71.3 cm³/mol. The Bertz CT molecular complexity index is 507. The van der Waals surface area contributed by atoms with Gasteiger partial charge in [-0.05, 0) is 23.6 Å². The van der Waals surface area contributed by atoms with Crippen molar-refractivity contribution < 1.29 is 14.6 Å². The van der Waals surface area contributed by atoms with Crippen molar-refractivity contribution >= 4 is 5.91 Å². The molecule has 2 N–H and O–H groups in total. The zero-order chi connectivity index (χ0) is 13.2. The zero-order valence-corrected chi connectivity index (χ0v) is 10.6. The molecule has 0 saturated carbocycles. The van der Waals surface area contributed by atoms with Crippen LogP contribution in [0.1, 0.15) is 6.42 Å². The van der Waals surface area contributed by atoms with Gasteiger partial charge in [0.25, 0.3) is 5.91 Å². The Kier molecular flexibility index (Phi) is 3.36. The molecule has 1 amide bonds. The lowest BCUT2D eigenvalue weighted by molar-refractivity contribution is -0.118. The maximum absolute atomic E-state index is 12.3. The molecule has 0 aromatic heterocycles. The molecular weight excluding hydrogens is 242 g/mol. The van der Waals surface area contributed by atoms with Gasteiger partial charge in [0, 0.05) is 18.1 Å². The van der Waals surface area contributed by atoms with Gasteiger partial charge in [0.2, 0.25) is 0 Å². The lowest BCUT2D eigenvalue weighted by Crippen LogP contribution is -2.43. The van der Waals surface area contributed by atoms with Gasteiger partial charge in [0.05, 0.1) is 19.3 Å². The Hall–Kier alpha value is -1.65. The molecule has 2 aliphatic carbocycles. The van der Waals surface area contributed by atoms with Gasteiger partial charge in [-0.25, -0.2) is 0 Å². The van der Waals surface area contributed by atoms with E-state index in [-0.39, 0.29) is 24.5 Å². The van der Waals surface area contributed by atoms with E-state index in [9.17, 15) is 9.90 Å². The van der Waals surface area contributed by atoms with Gasteiger partial charge < -0.3 is 15.2 Å². The van der Waals surface area contributed by atoms with E-state index in [0.29, 0.717) is 18.8 Å². The van der Waals surface area contributed by atoms with Crippen molar-refractivity contribution in [3.05, 3.63) is 47.1 Å². The minimum absolute atomic E-state index is 0.0510. The van der Waals surface area contributed by atoms with E-state index in [1.54, 1.807) is 0 Å². The van der Waals surface area contributed by atoms with Crippen LogP contribution in [0.5, 0.6) is 0 Å². The summed E-state index contributed by atoms with van der Waals surface area (Å²) in [4.78, 5) is 12.3. The largest absolute Gasteiger partial charge is 0.394 e. The Morgan fingerprint density at radius 1 is 1.47 bits per heavy atom. The van der Waals surface area contributed by atoms with Crippen LogP contribution >= 0.6 is 0 Å². The molecule has 1 heterocycles. The van der Waals surface area contributed by atoms with Gasteiger partial charge in [0.1, 0.15) is 0 Å². The first kappa shape index (κ1) is 12.4. The van der Waals surface area contributed by atoms with Crippen LogP contribution in [0.25, 0.3) is 0 Å². The minimum atomic E-state index is -0.227. The molecule has 3 aliphatic rings. The molecule has 1 saturated heterocycles. The number of hydrogen-bond donors (Lipinski definition) is 2. The molecule has 0 bridgehead atoms. The summed E-state index contributed by atoms with van der Waals surface area (Å²) in [5.41, 5.74) is 2.73. The average Bonchev–Trinajstić information content (AvgIpc) is 3.10. The highest BCUT2D eigenvalue weighted by atomic mass is 16.5. The van der Waals surface area contributed by atoms with Crippen molar-refractivity contribution in [2.45, 2.75) is 12.5 Å². The lowest BCUT2D eigenvalue weighted by Gasteiger charge is -2.21. The average molecular weight is 259 g/mol. The Morgan fingerprint density at radius 2 is 2.37 bits per heavy atom. The number of ether oxygens (including phenoxy) is 1. The maximum Gasteiger partial charge on any atom is 0.252 e. The molecule has 1 fully saturated rings. The van der Waals surface area contributed by atoms with E-state index in [4.69, 9.17) is 4.74 Å². The third-order valence-corrected chi connectivity index (χ3v) is 3.86. The minimum Gasteiger partial charge on any atom is -0.394 e. The van der Waals surface area contributed by atoms with Gasteiger partial charge >= 0.3 is 0 Å². The van der Waals surface area contributed by atoms with Crippen molar-refractivity contribution in [3.8, 4) is 0 Å². The van der Waals surface area contributed by atoms with Crippen LogP contribution in [0, 0.1) is 5.92 Å². The Labute approximate surface area is 112 Å². The van der Waals surface area contributed by atoms with Crippen LogP contribution in [-0.2, 0) is 9.53 Å². The molecule has 4 heteroatoms. The smallest absolute Gasteiger partial charge is 0.252 e. The summed E-state index contributed by atoms with van der Waals surface area (Å²) in [6, 6.07) is -0.227. The number of carbonyl (C=O) groups excluding carboxylic acids is 1. The third-order valence-electron chi connectivity index (χ3n) is 3.86. The number of nitrogens with one attached hydrogen (secondary N) is 1. The molecular formula is C15H17NO3. The first-order valence-corrected chi connectivity index (χ1v) is 6.60. The van der Waals surface area contributed by atoms with Crippen molar-refractivity contribution in [2.75, 3.05) is 19.8 Å². The number of carbonyl (C=O) groups is 1. The summed E-state index contributed by atoms with van der Waals surface area (Å²) in [6.45, 7) is 1.27. The third kappa shape index (κ3) is 2.29. The molecule has 3 rings (SSSR count). The number of hydrogen-bond acceptors (Lipinski definition) is 3. The normalized spacial score (nSPS) is 25.7. The summed E-state index contributed by atoms with van der Waals surface area (Å²) in [5.74, 6) is 0.0891. The molecule has 1 aliphatic heterocycles. The van der Waals surface area contributed by atoms with Gasteiger partial charge in [-0.1, -0.05) is 24.3 Å². The fourth-order valence-electron chi connectivity index (χ4n) is 2.71. The van der Waals surface area contributed by atoms with Gasteiger partial charge in [-0.15, -0.1) is 0 Å². The number of fused-ring (bicyclic) bond motifs is 1. The monoisotopic (exact) mass is 259 g/mol. The van der Waals surface area contributed by atoms with Crippen LogP contribution in [-0.4, -0.2) is 36.9 Å². The van der Waals surface area contributed by atoms with Gasteiger partial charge in [0.15, 0.2) is 0 Å². The highest BCUT2D eigenvalue weighted by molar-refractivity contribution is 6.00. The predicted octanol–water partition coefficient (Wildman–Crippen LogP) is 0.863. The first-order chi connectivity index (χ1) is 9.29. The molecule has 2 atom stereocenters. The van der Waals surface area contributed by atoms with E-state index in [0.717, 1.165) is 17.6 Å². The molecule has 0 spiro atoms. The topological polar surface area (TPSA) is 58.6 Å². The molecule has 0 radical (unpaired) electrons. The molecule has 0 aromatic carbocycles. The second-order valence-corrected chi connectivity index (χ2v) is 5.03. The van der Waals surface area contributed by atoms with E-state index < -0.39 is 0 Å². The molecule has 100 valence electrons. The van der Waals surface area contributed by atoms with E-state index >= 15 is 0 Å². The Morgan fingerprint density at radius 3 is 3.11 bits per heavy atom. The summed E-state index contributed by atoms with van der Waals surface area (Å²) in [7, 11) is 0. The van der Waals surface area contributed by atoms with Crippen molar-refractivity contribution in [1.29, 1.82) is 0 Å². The SMILES string of the molecule is O=C(NC(CO)C1CCOC1)C1=C2C=CC=C2C=C1. The van der Waals surface area contributed by atoms with Crippen LogP contribution in [0.3, 0.4) is 0 Å². The van der Waals surface area contributed by atoms with Crippen LogP contribution in [0.15, 0.2) is 47.1 Å². The fourth-order valence-corrected chi connectivity index (χ4v) is 2.71. The van der Waals surface area contributed by atoms with E-state index in [2.05, 4.69) is 5.32 Å². The van der Waals surface area contributed by atoms with Gasteiger partial charge in [-0.2, -0.15) is 0 Å². The number of aliphatic hydroxyl groups is 1. The van der Waals surface area contributed by atoms with Gasteiger partial charge in [-0.3, -0.25) is 4.79 Å². The summed E-state index contributed by atoms with van der Waals surface area (Å²) in [5, 5.41) is 12.4. The van der Waals surface area contributed by atoms with Crippen molar-refractivity contribution in [2.24, 2.45) is 5.92 Å². The van der Waals surface area contributed by atoms with Crippen LogP contribution < -0.4 is 5.32 Å². The lowest BCUT2D eigenvalue weighted by atomic mass is 9.99. The van der Waals surface area contributed by atoms with E-state index in [1.165, 1.54) is 0 Å². The quantitative estimate of drug-likeness (QED) is 0.787. The second kappa shape index (κ2) is 5.15. The second-order valence-electron chi connectivity index (χ2n) is 5.03. The highest BCUT2D eigenvalue weighted by Gasteiger charge is 2.28. The number of rotatable bonds is 4.